The number of carboxylic acid groups (broad SMARTS) is 1. The summed E-state index contributed by atoms with van der Waals surface area (Å²) in [6.45, 7) is 12.8. The molecule has 0 radical (unpaired) electrons. The van der Waals surface area contributed by atoms with Gasteiger partial charge in [-0.05, 0) is 144 Å². The van der Waals surface area contributed by atoms with Crippen molar-refractivity contribution in [1.29, 1.82) is 0 Å². The lowest BCUT2D eigenvalue weighted by molar-refractivity contribution is -0.391. The first-order valence-corrected chi connectivity index (χ1v) is 22.7. The number of carboxylic acids is 1. The van der Waals surface area contributed by atoms with Crippen LogP contribution >= 0.6 is 45.2 Å². The third-order valence-electron chi connectivity index (χ3n) is 11.7. The first kappa shape index (κ1) is 66.4. The first-order valence-electron chi connectivity index (χ1n) is 20.6. The lowest BCUT2D eigenvalue weighted by atomic mass is 9.66. The van der Waals surface area contributed by atoms with Crippen molar-refractivity contribution in [2.75, 3.05) is 6.61 Å². The van der Waals surface area contributed by atoms with Crippen molar-refractivity contribution < 1.29 is 115 Å². The highest BCUT2D eigenvalue weighted by atomic mass is 127. The molecule has 2 rings (SSSR count). The lowest BCUT2D eigenvalue weighted by Crippen LogP contribution is -2.64. The summed E-state index contributed by atoms with van der Waals surface area (Å²) in [6.07, 6.45) is -28.7. The van der Waals surface area contributed by atoms with Crippen LogP contribution in [0.2, 0.25) is 0 Å². The molecule has 0 heterocycles. The lowest BCUT2D eigenvalue weighted by Gasteiger charge is -2.47. The Morgan fingerprint density at radius 3 is 1.46 bits per heavy atom. The number of aliphatic hydroxyl groups is 2. The molecule has 4 atom stereocenters. The zero-order valence-electron chi connectivity index (χ0n) is 38.7. The quantitative estimate of drug-likeness (QED) is 0.0630. The average molecular weight is 1260 g/mol. The van der Waals surface area contributed by atoms with Crippen molar-refractivity contribution in [2.45, 2.75) is 168 Å². The van der Waals surface area contributed by atoms with E-state index in [2.05, 4.69) is 4.74 Å². The molecule has 10 nitrogen and oxygen atoms in total. The monoisotopic (exact) mass is 1260 g/mol. The predicted molar refractivity (Wildman–Crippen MR) is 233 cm³/mol. The number of aromatic carboxylic acids is 1. The van der Waals surface area contributed by atoms with Crippen molar-refractivity contribution in [3.63, 3.8) is 0 Å². The van der Waals surface area contributed by atoms with E-state index in [0.29, 0.717) is 16.4 Å². The molecule has 0 aromatic heterocycles. The molecule has 0 spiro atoms. The summed E-state index contributed by atoms with van der Waals surface area (Å²) in [5, 5.41) is 28.8. The zero-order valence-corrected chi connectivity index (χ0v) is 43.1. The van der Waals surface area contributed by atoms with Gasteiger partial charge in [-0.15, -0.1) is 0 Å². The van der Waals surface area contributed by atoms with Gasteiger partial charge in [0.2, 0.25) is 0 Å². The molecular weight excluding hydrogens is 1200 g/mol. The second-order valence-electron chi connectivity index (χ2n) is 18.4. The maximum absolute atomic E-state index is 13.3. The van der Waals surface area contributed by atoms with Crippen molar-refractivity contribution in [2.24, 2.45) is 28.1 Å². The van der Waals surface area contributed by atoms with Crippen molar-refractivity contribution in [3.05, 3.63) is 24.8 Å². The van der Waals surface area contributed by atoms with E-state index in [-0.39, 0.29) is 24.7 Å². The van der Waals surface area contributed by atoms with Crippen LogP contribution in [-0.2, 0) is 23.9 Å². The van der Waals surface area contributed by atoms with Gasteiger partial charge in [0, 0.05) is 15.4 Å². The number of rotatable bonds is 16. The van der Waals surface area contributed by atoms with Crippen LogP contribution in [-0.4, -0.2) is 99.9 Å². The zero-order chi connectivity index (χ0) is 55.1. The fraction of sp³-hybridized carbons (Fsp3) is 0.762. The maximum atomic E-state index is 13.3. The predicted octanol–water partition coefficient (Wildman–Crippen LogP) is 12.7. The van der Waals surface area contributed by atoms with Crippen molar-refractivity contribution in [1.82, 2.24) is 0 Å². The number of carbonyl (C=O) groups is 4. The minimum atomic E-state index is -6.28. The van der Waals surface area contributed by atoms with Crippen LogP contribution in [0.15, 0.2) is 12.1 Å². The normalized spacial score (nSPS) is 18.7. The summed E-state index contributed by atoms with van der Waals surface area (Å²) >= 11 is 4.00. The summed E-state index contributed by atoms with van der Waals surface area (Å²) < 4.78 is 210. The largest absolute Gasteiger partial charge is 0.478 e. The van der Waals surface area contributed by atoms with E-state index in [1.54, 1.807) is 33.8 Å². The number of benzene rings is 1. The number of halogens is 17. The van der Waals surface area contributed by atoms with E-state index < -0.39 is 138 Å². The summed E-state index contributed by atoms with van der Waals surface area (Å²) in [5.41, 5.74) is -11.9. The fourth-order valence-corrected chi connectivity index (χ4v) is 7.61. The van der Waals surface area contributed by atoms with Crippen LogP contribution in [0.1, 0.15) is 125 Å². The van der Waals surface area contributed by atoms with Gasteiger partial charge in [-0.2, -0.15) is 39.5 Å². The molecule has 1 aliphatic rings. The average Bonchev–Trinajstić information content (AvgIpc) is 3.18. The molecule has 69 heavy (non-hydrogen) atoms. The van der Waals surface area contributed by atoms with Gasteiger partial charge in [-0.1, -0.05) is 20.8 Å². The number of ether oxygens (including phenoxy) is 3. The highest BCUT2D eigenvalue weighted by molar-refractivity contribution is 14.1. The van der Waals surface area contributed by atoms with Gasteiger partial charge in [0.1, 0.15) is 11.7 Å². The van der Waals surface area contributed by atoms with E-state index >= 15 is 0 Å². The topological polar surface area (TPSA) is 157 Å². The highest BCUT2D eigenvalue weighted by Crippen LogP contribution is 2.55. The maximum Gasteiger partial charge on any atom is 0.426 e. The number of hydrogen-bond donors (Lipinski definition) is 3. The number of esters is 3. The smallest absolute Gasteiger partial charge is 0.426 e. The number of carbonyl (C=O) groups excluding carboxylic acids is 3. The van der Waals surface area contributed by atoms with Crippen molar-refractivity contribution >= 4 is 69.1 Å². The van der Waals surface area contributed by atoms with Gasteiger partial charge in [0.25, 0.3) is 11.5 Å². The number of hydrogen-bond acceptors (Lipinski definition) is 9. The van der Waals surface area contributed by atoms with Crippen LogP contribution in [0.25, 0.3) is 0 Å². The minimum Gasteiger partial charge on any atom is -0.478 e. The minimum absolute atomic E-state index is 0.0107. The van der Waals surface area contributed by atoms with Crippen LogP contribution in [0, 0.1) is 35.2 Å². The Bertz CT molecular complexity index is 1900. The number of alkyl halides is 15. The second kappa shape index (κ2) is 24.0. The highest BCUT2D eigenvalue weighted by Gasteiger charge is 2.75. The Morgan fingerprint density at radius 2 is 1.07 bits per heavy atom. The third-order valence-corrected chi connectivity index (χ3v) is 13.2. The van der Waals surface area contributed by atoms with E-state index in [1.807, 2.05) is 52.1 Å². The van der Waals surface area contributed by atoms with Gasteiger partial charge in [-0.3, -0.25) is 14.4 Å². The SMILES string of the molecule is CCC(C)(C)C(=O)OC1CC(C(C)(O)C(F)(F)F)CC(C(O)(C(F)(F)F)C(F)(F)F)C1.CCC(C)(C)C(=O)OCC(F)(F)CC(F)(F)C(F)F.CCC(C)(C)C(=O)Oc1c(I)cc(I)cc1C(=O)O. The molecule has 0 bridgehead atoms. The fourth-order valence-electron chi connectivity index (χ4n) is 5.66. The van der Waals surface area contributed by atoms with E-state index in [4.69, 9.17) is 9.47 Å². The standard InChI is InChI=1S/C18H25F9O4.C13H14I2O4.C11H16F6O2/c1-5-13(2,3)12(28)31-11-7-9(14(4,29)16(19,20)21)6-10(8-11)15(30,17(22,23)24)18(25,26)27;1-4-13(2,3)12(18)19-10-8(11(16)17)5-7(14)6-9(10)15;1-4-9(2,3)8(18)19-6-10(14,15)5-11(16,17)7(12)13/h9-11,29-30H,5-8H2,1-4H3;5-6H,4H2,1-3H3,(H,16,17);7H,4-6H2,1-3H3. The molecule has 0 aliphatic heterocycles. The second-order valence-corrected chi connectivity index (χ2v) is 20.8. The van der Waals surface area contributed by atoms with Gasteiger partial charge >= 0.3 is 54.8 Å². The summed E-state index contributed by atoms with van der Waals surface area (Å²) in [5.74, 6) is -17.5. The molecule has 3 N–H and O–H groups in total. The van der Waals surface area contributed by atoms with Crippen LogP contribution < -0.4 is 4.74 Å². The van der Waals surface area contributed by atoms with E-state index in [0.717, 1.165) is 3.57 Å². The summed E-state index contributed by atoms with van der Waals surface area (Å²) in [4.78, 5) is 46.9. The van der Waals surface area contributed by atoms with Crippen LogP contribution in [0.3, 0.4) is 0 Å². The molecule has 1 aromatic carbocycles. The first-order chi connectivity index (χ1) is 30.5. The van der Waals surface area contributed by atoms with Crippen LogP contribution in [0.5, 0.6) is 5.75 Å². The Kier molecular flexibility index (Phi) is 23.1. The van der Waals surface area contributed by atoms with Crippen LogP contribution in [0.4, 0.5) is 65.9 Å². The summed E-state index contributed by atoms with van der Waals surface area (Å²) in [7, 11) is 0. The van der Waals surface area contributed by atoms with Gasteiger partial charge in [-0.25, -0.2) is 31.1 Å². The Labute approximate surface area is 415 Å². The molecule has 0 saturated heterocycles. The molecule has 1 saturated carbocycles. The molecule has 0 amide bonds. The van der Waals surface area contributed by atoms with E-state index in [9.17, 15) is 100 Å². The third kappa shape index (κ3) is 17.9. The molecule has 1 aliphatic carbocycles. The molecule has 402 valence electrons. The Balaban J connectivity index is 0.00000106. The Hall–Kier alpha value is -2.57. The molecular formula is C42H55F15I2O10. The molecule has 1 aromatic rings. The van der Waals surface area contributed by atoms with Gasteiger partial charge < -0.3 is 29.5 Å². The summed E-state index contributed by atoms with van der Waals surface area (Å²) in [6, 6.07) is 3.27. The molecule has 1 fully saturated rings. The van der Waals surface area contributed by atoms with Gasteiger partial charge in [0.15, 0.2) is 18.0 Å². The molecule has 27 heteroatoms. The Morgan fingerprint density at radius 1 is 0.652 bits per heavy atom. The van der Waals surface area contributed by atoms with Gasteiger partial charge in [0.05, 0.1) is 26.2 Å². The van der Waals surface area contributed by atoms with E-state index in [1.165, 1.54) is 33.8 Å². The molecule has 4 unspecified atom stereocenters. The van der Waals surface area contributed by atoms with Crippen molar-refractivity contribution in [3.8, 4) is 5.75 Å².